The number of hydrogen-bond acceptors (Lipinski definition) is 2. The summed E-state index contributed by atoms with van der Waals surface area (Å²) in [4.78, 5) is 0. The first-order valence-electron chi connectivity index (χ1n) is 4.64. The van der Waals surface area contributed by atoms with E-state index in [1.165, 1.54) is 19.2 Å². The first-order chi connectivity index (χ1) is 8.11. The lowest BCUT2D eigenvalue weighted by atomic mass is 10.0. The zero-order valence-electron chi connectivity index (χ0n) is 9.06. The van der Waals surface area contributed by atoms with Gasteiger partial charge in [-0.2, -0.15) is 22.0 Å². The van der Waals surface area contributed by atoms with Crippen LogP contribution in [0.25, 0.3) is 0 Å². The molecule has 0 fully saturated rings. The van der Waals surface area contributed by atoms with Gasteiger partial charge in [0, 0.05) is 4.47 Å². The van der Waals surface area contributed by atoms with E-state index >= 15 is 0 Å². The van der Waals surface area contributed by atoms with E-state index in [1.807, 2.05) is 0 Å². The lowest BCUT2D eigenvalue weighted by molar-refractivity contribution is -0.291. The molecule has 0 saturated heterocycles. The van der Waals surface area contributed by atoms with Crippen LogP contribution in [-0.2, 0) is 0 Å². The highest BCUT2D eigenvalue weighted by atomic mass is 79.9. The molecule has 0 amide bonds. The number of nitrogens with two attached hydrogens (primary N) is 1. The van der Waals surface area contributed by atoms with Gasteiger partial charge in [-0.05, 0) is 23.8 Å². The third kappa shape index (κ3) is 2.74. The quantitative estimate of drug-likeness (QED) is 0.857. The van der Waals surface area contributed by atoms with Crippen LogP contribution in [0.1, 0.15) is 11.6 Å². The zero-order chi connectivity index (χ0) is 14.1. The summed E-state index contributed by atoms with van der Waals surface area (Å²) < 4.78 is 67.7. The van der Waals surface area contributed by atoms with Crippen molar-refractivity contribution >= 4 is 15.9 Å². The van der Waals surface area contributed by atoms with E-state index in [4.69, 9.17) is 10.5 Å². The van der Waals surface area contributed by atoms with Gasteiger partial charge < -0.3 is 10.5 Å². The summed E-state index contributed by atoms with van der Waals surface area (Å²) in [5.74, 6) is -4.89. The molecule has 102 valence electrons. The summed E-state index contributed by atoms with van der Waals surface area (Å²) >= 11 is 2.88. The summed E-state index contributed by atoms with van der Waals surface area (Å²) in [7, 11) is 1.26. The molecule has 18 heavy (non-hydrogen) atoms. The Morgan fingerprint density at radius 3 is 2.22 bits per heavy atom. The second-order valence-electron chi connectivity index (χ2n) is 3.49. The molecule has 0 bridgehead atoms. The molecular weight excluding hydrogens is 325 g/mol. The van der Waals surface area contributed by atoms with Crippen LogP contribution in [0.5, 0.6) is 5.75 Å². The molecule has 8 heteroatoms. The van der Waals surface area contributed by atoms with Crippen molar-refractivity contribution in [2.75, 3.05) is 7.11 Å². The molecule has 2 nitrogen and oxygen atoms in total. The summed E-state index contributed by atoms with van der Waals surface area (Å²) in [6.45, 7) is 0. The number of ether oxygens (including phenoxy) is 1. The molecule has 0 heterocycles. The smallest absolute Gasteiger partial charge is 0.455 e. The maximum atomic E-state index is 13.1. The molecule has 0 saturated carbocycles. The average Bonchev–Trinajstić information content (AvgIpc) is 2.27. The Balaban J connectivity index is 3.22. The Labute approximate surface area is 108 Å². The fourth-order valence-electron chi connectivity index (χ4n) is 1.26. The fraction of sp³-hybridized carbons (Fsp3) is 0.400. The second-order valence-corrected chi connectivity index (χ2v) is 4.34. The Morgan fingerprint density at radius 2 is 1.78 bits per heavy atom. The normalized spacial score (nSPS) is 14.4. The number of rotatable bonds is 3. The van der Waals surface area contributed by atoms with Crippen LogP contribution in [0.2, 0.25) is 0 Å². The van der Waals surface area contributed by atoms with E-state index in [9.17, 15) is 22.0 Å². The molecule has 0 aliphatic rings. The maximum absolute atomic E-state index is 13.1. The van der Waals surface area contributed by atoms with Gasteiger partial charge in [-0.1, -0.05) is 15.9 Å². The van der Waals surface area contributed by atoms with Crippen LogP contribution in [-0.4, -0.2) is 19.2 Å². The highest BCUT2D eigenvalue weighted by Gasteiger charge is 2.62. The minimum atomic E-state index is -5.71. The van der Waals surface area contributed by atoms with Gasteiger partial charge in [0.1, 0.15) is 11.8 Å². The van der Waals surface area contributed by atoms with E-state index in [0.29, 0.717) is 0 Å². The number of methoxy groups -OCH3 is 1. The van der Waals surface area contributed by atoms with Crippen molar-refractivity contribution in [1.29, 1.82) is 0 Å². The lowest BCUT2D eigenvalue weighted by Gasteiger charge is -2.26. The first-order valence-corrected chi connectivity index (χ1v) is 5.44. The molecule has 1 aromatic carbocycles. The molecule has 0 aromatic heterocycles. The van der Waals surface area contributed by atoms with Gasteiger partial charge in [-0.25, -0.2) is 0 Å². The number of benzene rings is 1. The molecule has 1 atom stereocenters. The number of alkyl halides is 5. The molecule has 0 spiro atoms. The molecule has 0 aliphatic heterocycles. The van der Waals surface area contributed by atoms with Crippen molar-refractivity contribution in [2.45, 2.75) is 18.1 Å². The topological polar surface area (TPSA) is 35.2 Å². The van der Waals surface area contributed by atoms with Gasteiger partial charge in [0.2, 0.25) is 0 Å². The Morgan fingerprint density at radius 1 is 1.22 bits per heavy atom. The van der Waals surface area contributed by atoms with Gasteiger partial charge >= 0.3 is 12.1 Å². The predicted molar refractivity (Wildman–Crippen MR) is 58.6 cm³/mol. The zero-order valence-corrected chi connectivity index (χ0v) is 10.6. The van der Waals surface area contributed by atoms with Crippen LogP contribution >= 0.6 is 15.9 Å². The molecular formula is C10H9BrF5NO. The predicted octanol–water partition coefficient (Wildman–Crippen LogP) is 3.66. The Bertz CT molecular complexity index is 435. The molecule has 0 unspecified atom stereocenters. The van der Waals surface area contributed by atoms with E-state index in [0.717, 1.165) is 6.07 Å². The van der Waals surface area contributed by atoms with Crippen LogP contribution in [0.3, 0.4) is 0 Å². The Kier molecular flexibility index (Phi) is 4.22. The standard InChI is InChI=1S/C10H9BrF5NO/c1-18-5-2-3-7(11)6(4-5)8(17)9(12,13)10(14,15)16/h2-4,8H,17H2,1H3/t8-/m1/s1. The lowest BCUT2D eigenvalue weighted by Crippen LogP contribution is -2.46. The van der Waals surface area contributed by atoms with Crippen molar-refractivity contribution in [3.05, 3.63) is 28.2 Å². The molecule has 0 radical (unpaired) electrons. The second kappa shape index (κ2) is 5.00. The van der Waals surface area contributed by atoms with E-state index < -0.39 is 18.1 Å². The molecule has 1 aromatic rings. The first kappa shape index (κ1) is 15.2. The van der Waals surface area contributed by atoms with Crippen molar-refractivity contribution in [2.24, 2.45) is 5.73 Å². The van der Waals surface area contributed by atoms with E-state index in [2.05, 4.69) is 15.9 Å². The van der Waals surface area contributed by atoms with E-state index in [-0.39, 0.29) is 15.8 Å². The highest BCUT2D eigenvalue weighted by molar-refractivity contribution is 9.10. The number of hydrogen-bond donors (Lipinski definition) is 1. The minimum Gasteiger partial charge on any atom is -0.497 e. The van der Waals surface area contributed by atoms with Gasteiger partial charge in [0.15, 0.2) is 0 Å². The van der Waals surface area contributed by atoms with Crippen molar-refractivity contribution in [3.8, 4) is 5.75 Å². The van der Waals surface area contributed by atoms with Crippen molar-refractivity contribution in [3.63, 3.8) is 0 Å². The summed E-state index contributed by atoms with van der Waals surface area (Å²) in [6, 6.07) is 1.22. The summed E-state index contributed by atoms with van der Waals surface area (Å²) in [5.41, 5.74) is 4.65. The van der Waals surface area contributed by atoms with Crippen LogP contribution in [0, 0.1) is 0 Å². The Hall–Kier alpha value is -0.890. The van der Waals surface area contributed by atoms with Gasteiger partial charge in [-0.3, -0.25) is 0 Å². The molecule has 2 N–H and O–H groups in total. The van der Waals surface area contributed by atoms with E-state index in [1.54, 1.807) is 0 Å². The fourth-order valence-corrected chi connectivity index (χ4v) is 1.75. The monoisotopic (exact) mass is 333 g/mol. The van der Waals surface area contributed by atoms with Gasteiger partial charge in [0.25, 0.3) is 0 Å². The van der Waals surface area contributed by atoms with Crippen LogP contribution in [0.4, 0.5) is 22.0 Å². The van der Waals surface area contributed by atoms with Crippen molar-refractivity contribution < 1.29 is 26.7 Å². The maximum Gasteiger partial charge on any atom is 0.455 e. The third-order valence-corrected chi connectivity index (χ3v) is 3.03. The largest absolute Gasteiger partial charge is 0.497 e. The SMILES string of the molecule is COc1ccc(Br)c([C@@H](N)C(F)(F)C(F)(F)F)c1. The summed E-state index contributed by atoms with van der Waals surface area (Å²) in [6.07, 6.45) is -5.71. The summed E-state index contributed by atoms with van der Waals surface area (Å²) in [5, 5.41) is 0. The highest BCUT2D eigenvalue weighted by Crippen LogP contribution is 2.45. The van der Waals surface area contributed by atoms with Crippen molar-refractivity contribution in [1.82, 2.24) is 0 Å². The van der Waals surface area contributed by atoms with Gasteiger partial charge in [0.05, 0.1) is 7.11 Å². The van der Waals surface area contributed by atoms with Crippen LogP contribution < -0.4 is 10.5 Å². The third-order valence-electron chi connectivity index (χ3n) is 2.31. The molecule has 1 rings (SSSR count). The average molecular weight is 334 g/mol. The number of halogens is 6. The minimum absolute atomic E-state index is 0.0553. The van der Waals surface area contributed by atoms with Gasteiger partial charge in [-0.15, -0.1) is 0 Å². The molecule has 0 aliphatic carbocycles. The van der Waals surface area contributed by atoms with Crippen LogP contribution in [0.15, 0.2) is 22.7 Å².